The predicted molar refractivity (Wildman–Crippen MR) is 125 cm³/mol. The van der Waals surface area contributed by atoms with Gasteiger partial charge in [0.05, 0.1) is 11.1 Å². The van der Waals surface area contributed by atoms with Gasteiger partial charge in [0.25, 0.3) is 0 Å². The van der Waals surface area contributed by atoms with Gasteiger partial charge in [0.15, 0.2) is 25.0 Å². The number of aliphatic imine (C=N–C) groups is 1. The van der Waals surface area contributed by atoms with Gasteiger partial charge >= 0.3 is 0 Å². The van der Waals surface area contributed by atoms with E-state index in [-0.39, 0.29) is 12.0 Å². The Bertz CT molecular complexity index is 1450. The number of nitrogens with zero attached hydrogens (tertiary/aromatic N) is 3. The van der Waals surface area contributed by atoms with E-state index in [4.69, 9.17) is 0 Å². The minimum absolute atomic E-state index is 0.146. The lowest BCUT2D eigenvalue weighted by molar-refractivity contribution is -0.697. The van der Waals surface area contributed by atoms with E-state index in [9.17, 15) is 13.2 Å². The van der Waals surface area contributed by atoms with Crippen LogP contribution >= 0.6 is 0 Å². The molecule has 0 radical (unpaired) electrons. The van der Waals surface area contributed by atoms with Gasteiger partial charge < -0.3 is 4.99 Å². The number of aromatic nitrogens is 2. The van der Waals surface area contributed by atoms with Crippen LogP contribution in [-0.4, -0.2) is 13.3 Å². The van der Waals surface area contributed by atoms with Gasteiger partial charge in [-0.1, -0.05) is 0 Å². The highest BCUT2D eigenvalue weighted by Gasteiger charge is 2.40. The Labute approximate surface area is 200 Å². The second kappa shape index (κ2) is 9.41. The molecule has 0 saturated heterocycles. The monoisotopic (exact) mass is 477 g/mol. The fraction of sp³-hybridized carbons (Fsp3) is 0.179. The lowest BCUT2D eigenvalue weighted by atomic mass is 9.92. The summed E-state index contributed by atoms with van der Waals surface area (Å²) in [4.78, 5) is 4.00. The van der Waals surface area contributed by atoms with Gasteiger partial charge in [0.1, 0.15) is 23.3 Å². The lowest BCUT2D eigenvalue weighted by Crippen LogP contribution is -2.39. The molecule has 2 aromatic carbocycles. The molecule has 0 aliphatic carbocycles. The van der Waals surface area contributed by atoms with Crippen LogP contribution in [0.2, 0.25) is 0 Å². The first-order chi connectivity index (χ1) is 17.0. The molecule has 3 heterocycles. The molecule has 35 heavy (non-hydrogen) atoms. The third-order valence-electron chi connectivity index (χ3n) is 6.35. The van der Waals surface area contributed by atoms with Crippen molar-refractivity contribution in [2.45, 2.75) is 25.4 Å². The molecular formula is C28H23F4N3+2. The topological polar surface area (TPSA) is 20.1 Å². The van der Waals surface area contributed by atoms with Gasteiger partial charge in [-0.15, -0.1) is 0 Å². The first-order valence-corrected chi connectivity index (χ1v) is 11.3. The van der Waals surface area contributed by atoms with Gasteiger partial charge in [-0.2, -0.15) is 9.13 Å². The minimum atomic E-state index is -0.705. The third-order valence-corrected chi connectivity index (χ3v) is 6.35. The molecule has 0 spiro atoms. The van der Waals surface area contributed by atoms with Crippen molar-refractivity contribution in [1.82, 2.24) is 0 Å². The second-order valence-corrected chi connectivity index (χ2v) is 8.50. The van der Waals surface area contributed by atoms with Crippen molar-refractivity contribution in [2.75, 3.05) is 7.05 Å². The lowest BCUT2D eigenvalue weighted by Gasteiger charge is -2.14. The van der Waals surface area contributed by atoms with E-state index in [1.165, 1.54) is 12.1 Å². The van der Waals surface area contributed by atoms with Crippen molar-refractivity contribution in [2.24, 2.45) is 4.99 Å². The van der Waals surface area contributed by atoms with E-state index in [0.717, 1.165) is 12.1 Å². The Morgan fingerprint density at radius 3 is 2.29 bits per heavy atom. The van der Waals surface area contributed by atoms with Crippen LogP contribution in [0.5, 0.6) is 0 Å². The highest BCUT2D eigenvalue weighted by atomic mass is 19.1. The minimum Gasteiger partial charge on any atom is -0.301 e. The van der Waals surface area contributed by atoms with Gasteiger partial charge in [-0.05, 0) is 29.8 Å². The Morgan fingerprint density at radius 2 is 1.51 bits per heavy atom. The van der Waals surface area contributed by atoms with Gasteiger partial charge in [0.2, 0.25) is 11.4 Å². The van der Waals surface area contributed by atoms with E-state index in [1.807, 2.05) is 21.4 Å². The maximum Gasteiger partial charge on any atom is 0.216 e. The summed E-state index contributed by atoms with van der Waals surface area (Å²) in [6.07, 6.45) is 6.18. The number of hydrogen-bond acceptors (Lipinski definition) is 1. The average molecular weight is 478 g/mol. The molecule has 1 unspecified atom stereocenters. The predicted octanol–water partition coefficient (Wildman–Crippen LogP) is 5.39. The van der Waals surface area contributed by atoms with Crippen LogP contribution in [0.15, 0.2) is 78.0 Å². The van der Waals surface area contributed by atoms with Gasteiger partial charge in [0, 0.05) is 68.1 Å². The fourth-order valence-corrected chi connectivity index (χ4v) is 4.93. The average Bonchev–Trinajstić information content (AvgIpc) is 3.13. The number of aryl methyl sites for hydroxylation is 1. The van der Waals surface area contributed by atoms with Crippen molar-refractivity contribution in [1.29, 1.82) is 0 Å². The van der Waals surface area contributed by atoms with E-state index in [0.29, 0.717) is 41.0 Å². The number of benzene rings is 2. The SMILES string of the molecule is CN=CCC[n+]1ccccc1-c1c(F)cc(F)cc1CC1c2cc(F)cc(F)c2-c2cccc[n+]21. The summed E-state index contributed by atoms with van der Waals surface area (Å²) >= 11 is 0. The summed E-state index contributed by atoms with van der Waals surface area (Å²) < 4.78 is 62.6. The Morgan fingerprint density at radius 1 is 0.829 bits per heavy atom. The quantitative estimate of drug-likeness (QED) is 0.202. The number of hydrogen-bond donors (Lipinski definition) is 0. The largest absolute Gasteiger partial charge is 0.301 e. The molecule has 4 aromatic rings. The molecular weight excluding hydrogens is 454 g/mol. The van der Waals surface area contributed by atoms with E-state index < -0.39 is 29.3 Å². The highest BCUT2D eigenvalue weighted by Crippen LogP contribution is 2.39. The van der Waals surface area contributed by atoms with Crippen LogP contribution in [0.1, 0.15) is 23.6 Å². The molecule has 1 atom stereocenters. The van der Waals surface area contributed by atoms with Crippen LogP contribution < -0.4 is 9.13 Å². The molecule has 0 amide bonds. The summed E-state index contributed by atoms with van der Waals surface area (Å²) in [5.41, 5.74) is 2.62. The molecule has 176 valence electrons. The molecule has 5 rings (SSSR count). The first kappa shape index (κ1) is 22.9. The number of rotatable bonds is 6. The fourth-order valence-electron chi connectivity index (χ4n) is 4.93. The Hall–Kier alpha value is -3.87. The molecule has 0 saturated carbocycles. The van der Waals surface area contributed by atoms with Gasteiger partial charge in [-0.25, -0.2) is 17.6 Å². The molecule has 0 bridgehead atoms. The normalized spacial score (nSPS) is 14.4. The number of pyridine rings is 2. The van der Waals surface area contributed by atoms with Crippen LogP contribution in [0, 0.1) is 23.3 Å². The third kappa shape index (κ3) is 4.22. The summed E-state index contributed by atoms with van der Waals surface area (Å²) in [7, 11) is 1.69. The molecule has 2 aromatic heterocycles. The van der Waals surface area contributed by atoms with E-state index in [2.05, 4.69) is 4.99 Å². The summed E-state index contributed by atoms with van der Waals surface area (Å²) in [5.74, 6) is -2.75. The second-order valence-electron chi connectivity index (χ2n) is 8.50. The van der Waals surface area contributed by atoms with E-state index in [1.54, 1.807) is 49.8 Å². The van der Waals surface area contributed by atoms with E-state index >= 15 is 4.39 Å². The number of fused-ring (bicyclic) bond motifs is 3. The summed E-state index contributed by atoms with van der Waals surface area (Å²) in [5, 5.41) is 0. The molecule has 7 heteroatoms. The molecule has 1 aliphatic heterocycles. The van der Waals surface area contributed by atoms with Crippen LogP contribution in [0.4, 0.5) is 17.6 Å². The molecule has 1 aliphatic rings. The van der Waals surface area contributed by atoms with Gasteiger partial charge in [-0.3, -0.25) is 0 Å². The maximum atomic E-state index is 15.4. The Kier molecular flexibility index (Phi) is 6.16. The van der Waals surface area contributed by atoms with Crippen molar-refractivity contribution in [3.8, 4) is 22.5 Å². The standard InChI is InChI=1S/C28H23F4N3/c1-33-9-6-11-34-10-4-2-7-24(34)27-18(13-19(29)16-22(27)31)14-26-21-15-20(30)17-23(32)28(21)25-8-3-5-12-35(25)26/h2-5,7-10,12-13,15-17,26H,6,11,14H2,1H3/q+2. The molecule has 3 nitrogen and oxygen atoms in total. The molecule has 0 N–H and O–H groups in total. The van der Waals surface area contributed by atoms with Crippen molar-refractivity contribution >= 4 is 6.21 Å². The first-order valence-electron chi connectivity index (χ1n) is 11.3. The van der Waals surface area contributed by atoms with Crippen molar-refractivity contribution in [3.05, 3.63) is 107 Å². The van der Waals surface area contributed by atoms with Crippen LogP contribution in [-0.2, 0) is 13.0 Å². The van der Waals surface area contributed by atoms with Crippen molar-refractivity contribution < 1.29 is 26.7 Å². The molecule has 0 fully saturated rings. The maximum absolute atomic E-state index is 15.4. The zero-order chi connectivity index (χ0) is 24.5. The van der Waals surface area contributed by atoms with Crippen LogP contribution in [0.25, 0.3) is 22.5 Å². The Balaban J connectivity index is 1.65. The zero-order valence-electron chi connectivity index (χ0n) is 19.1. The van der Waals surface area contributed by atoms with Crippen LogP contribution in [0.3, 0.4) is 0 Å². The zero-order valence-corrected chi connectivity index (χ0v) is 19.1. The highest BCUT2D eigenvalue weighted by molar-refractivity contribution is 5.67. The summed E-state index contributed by atoms with van der Waals surface area (Å²) in [6.45, 7) is 0.560. The van der Waals surface area contributed by atoms with Crippen molar-refractivity contribution in [3.63, 3.8) is 0 Å². The smallest absolute Gasteiger partial charge is 0.216 e. The number of halogens is 4. The summed E-state index contributed by atoms with van der Waals surface area (Å²) in [6, 6.07) is 14.6.